The van der Waals surface area contributed by atoms with Gasteiger partial charge in [-0.25, -0.2) is 9.36 Å². The normalized spacial score (nSPS) is 14.1. The van der Waals surface area contributed by atoms with Gasteiger partial charge in [-0.2, -0.15) is 10.2 Å². The SMILES string of the molecule is COc1ccc(-c2nn(-c3ccccc3)cc2[C@@H]2Nc3c(C)cccc3-c3cc(C)nn32)cc1OC. The summed E-state index contributed by atoms with van der Waals surface area (Å²) in [4.78, 5) is 0. The second kappa shape index (κ2) is 8.61. The topological polar surface area (TPSA) is 66.1 Å². The first kappa shape index (κ1) is 22.0. The lowest BCUT2D eigenvalue weighted by molar-refractivity contribution is 0.355. The lowest BCUT2D eigenvalue weighted by atomic mass is 9.99. The number of nitrogens with zero attached hydrogens (tertiary/aromatic N) is 4. The van der Waals surface area contributed by atoms with Crippen LogP contribution in [0, 0.1) is 13.8 Å². The largest absolute Gasteiger partial charge is 0.493 e. The molecule has 7 heteroatoms. The van der Waals surface area contributed by atoms with Crippen LogP contribution in [-0.2, 0) is 0 Å². The minimum atomic E-state index is -0.247. The van der Waals surface area contributed by atoms with Crippen LogP contribution in [0.5, 0.6) is 11.5 Å². The molecule has 0 fully saturated rings. The number of nitrogens with one attached hydrogen (secondary N) is 1. The van der Waals surface area contributed by atoms with Crippen molar-refractivity contribution >= 4 is 5.69 Å². The third-order valence-electron chi connectivity index (χ3n) is 6.65. The maximum atomic E-state index is 5.60. The predicted octanol–water partition coefficient (Wildman–Crippen LogP) is 6.01. The molecule has 2 aromatic heterocycles. The molecule has 1 aliphatic heterocycles. The van der Waals surface area contributed by atoms with E-state index in [1.807, 2.05) is 60.1 Å². The average Bonchev–Trinajstić information content (AvgIpc) is 3.53. The summed E-state index contributed by atoms with van der Waals surface area (Å²) in [7, 11) is 3.28. The fraction of sp³-hybridized carbons (Fsp3) is 0.172. The summed E-state index contributed by atoms with van der Waals surface area (Å²) < 4.78 is 15.1. The van der Waals surface area contributed by atoms with Crippen LogP contribution in [0.2, 0.25) is 0 Å². The number of hydrogen-bond donors (Lipinski definition) is 1. The summed E-state index contributed by atoms with van der Waals surface area (Å²) in [5.74, 6) is 1.33. The van der Waals surface area contributed by atoms with Crippen LogP contribution in [-0.4, -0.2) is 33.8 Å². The number of methoxy groups -OCH3 is 2. The van der Waals surface area contributed by atoms with Gasteiger partial charge in [0.2, 0.25) is 0 Å². The van der Waals surface area contributed by atoms with Gasteiger partial charge in [-0.1, -0.05) is 36.4 Å². The Balaban J connectivity index is 1.57. The molecule has 3 heterocycles. The van der Waals surface area contributed by atoms with Crippen molar-refractivity contribution in [2.75, 3.05) is 19.5 Å². The van der Waals surface area contributed by atoms with Gasteiger partial charge in [0.15, 0.2) is 17.7 Å². The van der Waals surface area contributed by atoms with Crippen LogP contribution >= 0.6 is 0 Å². The molecule has 5 aromatic rings. The molecule has 0 amide bonds. The van der Waals surface area contributed by atoms with Crippen LogP contribution in [0.15, 0.2) is 79.0 Å². The van der Waals surface area contributed by atoms with E-state index in [1.165, 1.54) is 5.56 Å². The summed E-state index contributed by atoms with van der Waals surface area (Å²) in [5, 5.41) is 13.7. The smallest absolute Gasteiger partial charge is 0.161 e. The number of aryl methyl sites for hydroxylation is 2. The summed E-state index contributed by atoms with van der Waals surface area (Å²) in [6, 6.07) is 24.5. The van der Waals surface area contributed by atoms with Gasteiger partial charge in [-0.15, -0.1) is 0 Å². The molecule has 7 nitrogen and oxygen atoms in total. The molecule has 0 spiro atoms. The maximum absolute atomic E-state index is 5.60. The van der Waals surface area contributed by atoms with Crippen molar-refractivity contribution in [3.8, 4) is 39.7 Å². The number of hydrogen-bond acceptors (Lipinski definition) is 5. The lowest BCUT2D eigenvalue weighted by Gasteiger charge is -2.30. The third-order valence-corrected chi connectivity index (χ3v) is 6.65. The monoisotopic (exact) mass is 477 g/mol. The zero-order chi connectivity index (χ0) is 24.8. The number of aromatic nitrogens is 4. The fourth-order valence-corrected chi connectivity index (χ4v) is 4.90. The number of rotatable bonds is 5. The minimum Gasteiger partial charge on any atom is -0.493 e. The quantitative estimate of drug-likeness (QED) is 0.336. The van der Waals surface area contributed by atoms with Gasteiger partial charge < -0.3 is 14.8 Å². The Morgan fingerprint density at radius 3 is 2.42 bits per heavy atom. The molecule has 6 rings (SSSR count). The Hall–Kier alpha value is -4.52. The molecule has 0 saturated heterocycles. The average molecular weight is 478 g/mol. The van der Waals surface area contributed by atoms with Crippen LogP contribution in [0.3, 0.4) is 0 Å². The van der Waals surface area contributed by atoms with Crippen molar-refractivity contribution < 1.29 is 9.47 Å². The first-order valence-corrected chi connectivity index (χ1v) is 11.9. The van der Waals surface area contributed by atoms with E-state index in [2.05, 4.69) is 47.4 Å². The molecule has 0 radical (unpaired) electrons. The van der Waals surface area contributed by atoms with E-state index in [9.17, 15) is 0 Å². The zero-order valence-electron chi connectivity index (χ0n) is 20.7. The van der Waals surface area contributed by atoms with Crippen molar-refractivity contribution in [1.29, 1.82) is 0 Å². The van der Waals surface area contributed by atoms with Gasteiger partial charge in [0.05, 0.1) is 31.3 Å². The zero-order valence-corrected chi connectivity index (χ0v) is 20.7. The Morgan fingerprint density at radius 1 is 0.833 bits per heavy atom. The summed E-state index contributed by atoms with van der Waals surface area (Å²) >= 11 is 0. The van der Waals surface area contributed by atoms with Gasteiger partial charge in [-0.05, 0) is 55.8 Å². The number of fused-ring (bicyclic) bond motifs is 3. The number of benzene rings is 3. The molecular formula is C29H27N5O2. The van der Waals surface area contributed by atoms with E-state index in [0.717, 1.165) is 45.1 Å². The van der Waals surface area contributed by atoms with Crippen molar-refractivity contribution in [2.45, 2.75) is 20.0 Å². The lowest BCUT2D eigenvalue weighted by Crippen LogP contribution is -2.26. The minimum absolute atomic E-state index is 0.247. The molecule has 3 aromatic carbocycles. The number of ether oxygens (including phenoxy) is 2. The third kappa shape index (κ3) is 3.51. The van der Waals surface area contributed by atoms with E-state index < -0.39 is 0 Å². The molecule has 0 bridgehead atoms. The molecule has 0 unspecified atom stereocenters. The van der Waals surface area contributed by atoms with E-state index in [0.29, 0.717) is 11.5 Å². The Bertz CT molecular complexity index is 1570. The van der Waals surface area contributed by atoms with Crippen molar-refractivity contribution in [3.63, 3.8) is 0 Å². The van der Waals surface area contributed by atoms with E-state index in [1.54, 1.807) is 14.2 Å². The fourth-order valence-electron chi connectivity index (χ4n) is 4.90. The van der Waals surface area contributed by atoms with Crippen molar-refractivity contribution in [3.05, 3.63) is 95.8 Å². The van der Waals surface area contributed by atoms with Gasteiger partial charge in [0.25, 0.3) is 0 Å². The Labute approximate surface area is 209 Å². The summed E-state index contributed by atoms with van der Waals surface area (Å²) in [6.45, 7) is 4.16. The Kier molecular flexibility index (Phi) is 5.25. The van der Waals surface area contributed by atoms with Gasteiger partial charge in [-0.3, -0.25) is 0 Å². The standard InChI is InChI=1S/C29H27N5O2/c1-18-9-8-12-22-24-15-19(2)31-34(24)29(30-27(18)22)23-17-33(21-10-6-5-7-11-21)32-28(23)20-13-14-25(35-3)26(16-20)36-4/h5-17,29-30H,1-4H3/t29-/m1/s1. The van der Waals surface area contributed by atoms with Crippen molar-refractivity contribution in [1.82, 2.24) is 19.6 Å². The maximum Gasteiger partial charge on any atom is 0.161 e. The van der Waals surface area contributed by atoms with Gasteiger partial charge in [0, 0.05) is 28.6 Å². The van der Waals surface area contributed by atoms with Crippen LogP contribution < -0.4 is 14.8 Å². The van der Waals surface area contributed by atoms with Crippen LogP contribution in [0.1, 0.15) is 23.0 Å². The molecule has 1 aliphatic rings. The van der Waals surface area contributed by atoms with Gasteiger partial charge in [0.1, 0.15) is 5.69 Å². The Morgan fingerprint density at radius 2 is 1.64 bits per heavy atom. The molecule has 180 valence electrons. The highest BCUT2D eigenvalue weighted by molar-refractivity contribution is 5.82. The molecule has 1 N–H and O–H groups in total. The van der Waals surface area contributed by atoms with Crippen LogP contribution in [0.25, 0.3) is 28.2 Å². The second-order valence-corrected chi connectivity index (χ2v) is 8.94. The first-order chi connectivity index (χ1) is 17.6. The molecule has 36 heavy (non-hydrogen) atoms. The summed E-state index contributed by atoms with van der Waals surface area (Å²) in [6.07, 6.45) is 1.84. The van der Waals surface area contributed by atoms with Gasteiger partial charge >= 0.3 is 0 Å². The first-order valence-electron chi connectivity index (χ1n) is 11.9. The number of para-hydroxylation sites is 2. The summed E-state index contributed by atoms with van der Waals surface area (Å²) in [5.41, 5.74) is 9.25. The molecule has 0 aliphatic carbocycles. The highest BCUT2D eigenvalue weighted by Crippen LogP contribution is 2.43. The van der Waals surface area contributed by atoms with Crippen LogP contribution in [0.4, 0.5) is 5.69 Å². The van der Waals surface area contributed by atoms with E-state index in [4.69, 9.17) is 19.7 Å². The molecule has 0 saturated carbocycles. The molecular weight excluding hydrogens is 450 g/mol. The highest BCUT2D eigenvalue weighted by atomic mass is 16.5. The van der Waals surface area contributed by atoms with E-state index in [-0.39, 0.29) is 6.17 Å². The van der Waals surface area contributed by atoms with E-state index >= 15 is 0 Å². The highest BCUT2D eigenvalue weighted by Gasteiger charge is 2.31. The van der Waals surface area contributed by atoms with Crippen molar-refractivity contribution in [2.24, 2.45) is 0 Å². The molecule has 1 atom stereocenters. The number of anilines is 1. The second-order valence-electron chi connectivity index (χ2n) is 8.94. The predicted molar refractivity (Wildman–Crippen MR) is 141 cm³/mol.